The van der Waals surface area contributed by atoms with E-state index >= 15 is 0 Å². The van der Waals surface area contributed by atoms with Gasteiger partial charge >= 0.3 is 0 Å². The molecule has 5 nitrogen and oxygen atoms in total. The minimum absolute atomic E-state index is 0.305. The number of thiazole rings is 1. The summed E-state index contributed by atoms with van der Waals surface area (Å²) >= 11 is 1.51. The molecular formula is C21H22N2O3S. The van der Waals surface area contributed by atoms with Gasteiger partial charge < -0.3 is 14.0 Å². The smallest absolute Gasteiger partial charge is 0.272 e. The third-order valence-corrected chi connectivity index (χ3v) is 5.55. The fourth-order valence-corrected chi connectivity index (χ4v) is 3.85. The van der Waals surface area contributed by atoms with Gasteiger partial charge in [0.25, 0.3) is 5.91 Å². The molecule has 2 aromatic carbocycles. The molecule has 0 radical (unpaired) electrons. The monoisotopic (exact) mass is 382 g/mol. The molecular weight excluding hydrogens is 360 g/mol. The Labute approximate surface area is 162 Å². The van der Waals surface area contributed by atoms with Crippen molar-refractivity contribution < 1.29 is 14.3 Å². The van der Waals surface area contributed by atoms with Gasteiger partial charge in [0.1, 0.15) is 0 Å². The molecule has 140 valence electrons. The third-order valence-electron chi connectivity index (χ3n) is 4.46. The van der Waals surface area contributed by atoms with Crippen molar-refractivity contribution in [3.63, 3.8) is 0 Å². The first kappa shape index (κ1) is 18.9. The number of hydrogen-bond acceptors (Lipinski definition) is 4. The van der Waals surface area contributed by atoms with Crippen molar-refractivity contribution in [3.8, 4) is 11.5 Å². The quantitative estimate of drug-likeness (QED) is 0.641. The molecule has 0 aliphatic rings. The Morgan fingerprint density at radius 3 is 2.48 bits per heavy atom. The van der Waals surface area contributed by atoms with Crippen molar-refractivity contribution in [2.75, 3.05) is 14.2 Å². The number of methoxy groups -OCH3 is 2. The topological polar surface area (TPSA) is 52.8 Å². The van der Waals surface area contributed by atoms with Crippen LogP contribution in [0.3, 0.4) is 0 Å². The number of hydrogen-bond donors (Lipinski definition) is 0. The lowest BCUT2D eigenvalue weighted by molar-refractivity contribution is -0.113. The fraction of sp³-hybridized carbons (Fsp3) is 0.238. The molecule has 0 aliphatic heterocycles. The first-order chi connectivity index (χ1) is 12.9. The first-order valence-corrected chi connectivity index (χ1v) is 9.30. The van der Waals surface area contributed by atoms with Gasteiger partial charge in [-0.1, -0.05) is 17.4 Å². The van der Waals surface area contributed by atoms with E-state index in [2.05, 4.69) is 31.0 Å². The Morgan fingerprint density at radius 1 is 1.07 bits per heavy atom. The van der Waals surface area contributed by atoms with E-state index in [0.29, 0.717) is 16.3 Å². The molecule has 0 saturated carbocycles. The van der Waals surface area contributed by atoms with Crippen LogP contribution in [0.5, 0.6) is 11.5 Å². The number of fused-ring (bicyclic) bond motifs is 1. The van der Waals surface area contributed by atoms with E-state index < -0.39 is 0 Å². The Hall–Kier alpha value is -2.86. The maximum Gasteiger partial charge on any atom is 0.272 e. The summed E-state index contributed by atoms with van der Waals surface area (Å²) < 4.78 is 13.6. The number of aromatic nitrogens is 1. The third kappa shape index (κ3) is 3.95. The minimum atomic E-state index is -0.305. The molecule has 0 unspecified atom stereocenters. The normalized spacial score (nSPS) is 12.1. The minimum Gasteiger partial charge on any atom is -0.493 e. The Morgan fingerprint density at radius 2 is 1.78 bits per heavy atom. The molecule has 0 spiro atoms. The lowest BCUT2D eigenvalue weighted by Crippen LogP contribution is -2.12. The van der Waals surface area contributed by atoms with Gasteiger partial charge in [-0.2, -0.15) is 4.99 Å². The summed E-state index contributed by atoms with van der Waals surface area (Å²) in [5.74, 6) is 0.958. The van der Waals surface area contributed by atoms with Gasteiger partial charge in [-0.15, -0.1) is 0 Å². The maximum atomic E-state index is 12.3. The van der Waals surface area contributed by atoms with Crippen LogP contribution in [0.4, 0.5) is 0 Å². The number of ether oxygens (including phenoxy) is 2. The van der Waals surface area contributed by atoms with Crippen LogP contribution in [-0.2, 0) is 11.8 Å². The fourth-order valence-electron chi connectivity index (χ4n) is 2.74. The number of aryl methyl sites for hydroxylation is 3. The molecule has 3 rings (SSSR count). The van der Waals surface area contributed by atoms with Crippen LogP contribution in [0.25, 0.3) is 16.3 Å². The molecule has 1 heterocycles. The van der Waals surface area contributed by atoms with E-state index in [1.807, 2.05) is 23.7 Å². The highest BCUT2D eigenvalue weighted by Crippen LogP contribution is 2.28. The lowest BCUT2D eigenvalue weighted by Gasteiger charge is -2.07. The number of benzene rings is 2. The largest absolute Gasteiger partial charge is 0.493 e. The summed E-state index contributed by atoms with van der Waals surface area (Å²) in [7, 11) is 5.10. The molecule has 27 heavy (non-hydrogen) atoms. The summed E-state index contributed by atoms with van der Waals surface area (Å²) in [6, 6.07) is 9.74. The molecule has 0 bridgehead atoms. The van der Waals surface area contributed by atoms with Gasteiger partial charge in [0.15, 0.2) is 16.3 Å². The summed E-state index contributed by atoms with van der Waals surface area (Å²) in [5, 5.41) is 0. The zero-order chi connectivity index (χ0) is 19.6. The van der Waals surface area contributed by atoms with Crippen molar-refractivity contribution in [1.29, 1.82) is 0 Å². The number of amides is 1. The van der Waals surface area contributed by atoms with Gasteiger partial charge in [-0.05, 0) is 60.9 Å². The van der Waals surface area contributed by atoms with Crippen LogP contribution in [0.15, 0.2) is 41.4 Å². The highest BCUT2D eigenvalue weighted by molar-refractivity contribution is 7.16. The van der Waals surface area contributed by atoms with Crippen LogP contribution >= 0.6 is 11.3 Å². The summed E-state index contributed by atoms with van der Waals surface area (Å²) in [4.78, 5) is 17.2. The van der Waals surface area contributed by atoms with Crippen LogP contribution < -0.4 is 14.3 Å². The molecule has 0 atom stereocenters. The van der Waals surface area contributed by atoms with E-state index in [9.17, 15) is 4.79 Å². The highest BCUT2D eigenvalue weighted by Gasteiger charge is 2.06. The van der Waals surface area contributed by atoms with E-state index in [4.69, 9.17) is 9.47 Å². The molecule has 0 N–H and O–H groups in total. The Balaban J connectivity index is 1.90. The summed E-state index contributed by atoms with van der Waals surface area (Å²) in [6.07, 6.45) is 3.18. The van der Waals surface area contributed by atoms with Gasteiger partial charge in [0.2, 0.25) is 0 Å². The second-order valence-corrected chi connectivity index (χ2v) is 7.25. The van der Waals surface area contributed by atoms with Crippen LogP contribution in [0.1, 0.15) is 16.7 Å². The zero-order valence-electron chi connectivity index (χ0n) is 16.1. The van der Waals surface area contributed by atoms with E-state index in [1.165, 1.54) is 28.5 Å². The average molecular weight is 382 g/mol. The van der Waals surface area contributed by atoms with Gasteiger partial charge in [-0.3, -0.25) is 4.79 Å². The van der Waals surface area contributed by atoms with Gasteiger partial charge in [-0.25, -0.2) is 0 Å². The Bertz CT molecular complexity index is 1110. The predicted octanol–water partition coefficient (Wildman–Crippen LogP) is 4.01. The summed E-state index contributed by atoms with van der Waals surface area (Å²) in [6.45, 7) is 4.17. The van der Waals surface area contributed by atoms with Crippen molar-refractivity contribution in [2.45, 2.75) is 13.8 Å². The van der Waals surface area contributed by atoms with Crippen LogP contribution in [-0.4, -0.2) is 24.7 Å². The zero-order valence-corrected chi connectivity index (χ0v) is 16.9. The molecule has 0 aliphatic carbocycles. The SMILES string of the molecule is COc1ccc(/C=C/C(=O)N=c2sc3cc(C)c(C)cc3n2C)cc1OC. The van der Waals surface area contributed by atoms with Crippen molar-refractivity contribution in [1.82, 2.24) is 4.57 Å². The van der Waals surface area contributed by atoms with E-state index in [-0.39, 0.29) is 5.91 Å². The van der Waals surface area contributed by atoms with Crippen molar-refractivity contribution in [2.24, 2.45) is 12.0 Å². The van der Waals surface area contributed by atoms with Crippen LogP contribution in [0.2, 0.25) is 0 Å². The molecule has 6 heteroatoms. The first-order valence-electron chi connectivity index (χ1n) is 8.48. The summed E-state index contributed by atoms with van der Waals surface area (Å²) in [5.41, 5.74) is 4.37. The predicted molar refractivity (Wildman–Crippen MR) is 109 cm³/mol. The molecule has 1 amide bonds. The maximum absolute atomic E-state index is 12.3. The van der Waals surface area contributed by atoms with Gasteiger partial charge in [0, 0.05) is 13.1 Å². The number of nitrogens with zero attached hydrogens (tertiary/aromatic N) is 2. The molecule has 0 fully saturated rings. The van der Waals surface area contributed by atoms with Crippen molar-refractivity contribution >= 4 is 33.5 Å². The van der Waals surface area contributed by atoms with E-state index in [1.54, 1.807) is 26.4 Å². The van der Waals surface area contributed by atoms with Gasteiger partial charge in [0.05, 0.1) is 24.4 Å². The second-order valence-electron chi connectivity index (χ2n) is 6.25. The molecule has 1 aromatic heterocycles. The number of rotatable bonds is 4. The molecule has 3 aromatic rings. The molecule has 0 saturated heterocycles. The second kappa shape index (κ2) is 7.80. The standard InChI is InChI=1S/C21H22N2O3S/c1-13-10-16-19(11-14(13)2)27-21(23(16)3)22-20(24)9-7-15-6-8-17(25-4)18(12-15)26-5/h6-12H,1-5H3/b9-7+,22-21?. The Kier molecular flexibility index (Phi) is 5.46. The average Bonchev–Trinajstić information content (AvgIpc) is 2.95. The lowest BCUT2D eigenvalue weighted by atomic mass is 10.1. The number of carbonyl (C=O) groups excluding carboxylic acids is 1. The van der Waals surface area contributed by atoms with E-state index in [0.717, 1.165) is 15.8 Å². The van der Waals surface area contributed by atoms with Crippen LogP contribution in [0, 0.1) is 13.8 Å². The number of carbonyl (C=O) groups is 1. The van der Waals surface area contributed by atoms with Crippen molar-refractivity contribution in [3.05, 3.63) is 57.9 Å². The highest BCUT2D eigenvalue weighted by atomic mass is 32.1.